The van der Waals surface area contributed by atoms with Gasteiger partial charge in [-0.3, -0.25) is 4.31 Å². The Kier molecular flexibility index (Phi) is 2.13. The standard InChI is InChI=1S/C4H9N2OS/c7-5-1-3-6(8)4-2-5/h8H,1-4H2/q-1. The van der Waals surface area contributed by atoms with Crippen molar-refractivity contribution in [2.24, 2.45) is 0 Å². The summed E-state index contributed by atoms with van der Waals surface area (Å²) in [6.45, 7) is 2.77. The fourth-order valence-electron chi connectivity index (χ4n) is 0.678. The Morgan fingerprint density at radius 2 is 1.62 bits per heavy atom. The molecule has 0 N–H and O–H groups in total. The van der Waals surface area contributed by atoms with Crippen molar-refractivity contribution in [3.8, 4) is 0 Å². The summed E-state index contributed by atoms with van der Waals surface area (Å²) in [5, 5.41) is 11.5. The number of hydrogen-bond acceptors (Lipinski definition) is 4. The van der Waals surface area contributed by atoms with E-state index in [1.165, 1.54) is 0 Å². The Morgan fingerprint density at radius 3 is 2.00 bits per heavy atom. The van der Waals surface area contributed by atoms with Crippen molar-refractivity contribution in [3.05, 3.63) is 5.21 Å². The molecule has 0 aromatic rings. The van der Waals surface area contributed by atoms with Gasteiger partial charge in [-0.25, -0.2) is 0 Å². The zero-order chi connectivity index (χ0) is 5.98. The van der Waals surface area contributed by atoms with E-state index >= 15 is 0 Å². The molecule has 8 heavy (non-hydrogen) atoms. The summed E-state index contributed by atoms with van der Waals surface area (Å²) in [5.74, 6) is 0. The molecule has 0 spiro atoms. The third-order valence-electron chi connectivity index (χ3n) is 1.22. The summed E-state index contributed by atoms with van der Waals surface area (Å²) in [6, 6.07) is 0. The zero-order valence-electron chi connectivity index (χ0n) is 4.58. The molecule has 1 fully saturated rings. The molecular weight excluding hydrogens is 124 g/mol. The van der Waals surface area contributed by atoms with Crippen LogP contribution >= 0.6 is 12.8 Å². The molecule has 4 heteroatoms. The minimum absolute atomic E-state index is 0.601. The van der Waals surface area contributed by atoms with Crippen molar-refractivity contribution in [2.45, 2.75) is 0 Å². The van der Waals surface area contributed by atoms with Gasteiger partial charge in [0.1, 0.15) is 0 Å². The number of thiol groups is 1. The minimum atomic E-state index is 0.601. The van der Waals surface area contributed by atoms with Gasteiger partial charge in [-0.2, -0.15) is 0 Å². The number of piperazine rings is 1. The Morgan fingerprint density at radius 1 is 1.12 bits per heavy atom. The summed E-state index contributed by atoms with van der Waals surface area (Å²) >= 11 is 4.07. The first-order chi connectivity index (χ1) is 3.79. The van der Waals surface area contributed by atoms with Crippen LogP contribution in [0.25, 0.3) is 0 Å². The molecule has 48 valence electrons. The molecule has 1 heterocycles. The first-order valence-corrected chi connectivity index (χ1v) is 3.05. The van der Waals surface area contributed by atoms with Gasteiger partial charge in [0.25, 0.3) is 0 Å². The van der Waals surface area contributed by atoms with Crippen molar-refractivity contribution < 1.29 is 0 Å². The van der Waals surface area contributed by atoms with Crippen LogP contribution in [0.1, 0.15) is 0 Å². The molecule has 0 atom stereocenters. The van der Waals surface area contributed by atoms with E-state index in [2.05, 4.69) is 12.8 Å². The molecule has 0 aliphatic carbocycles. The van der Waals surface area contributed by atoms with Gasteiger partial charge in [-0.05, 0) is 13.1 Å². The summed E-state index contributed by atoms with van der Waals surface area (Å²) < 4.78 is 1.86. The van der Waals surface area contributed by atoms with Crippen LogP contribution in [0.3, 0.4) is 0 Å². The summed E-state index contributed by atoms with van der Waals surface area (Å²) in [4.78, 5) is 0. The third-order valence-corrected chi connectivity index (χ3v) is 1.62. The Hall–Kier alpha value is 0.230. The fourth-order valence-corrected chi connectivity index (χ4v) is 0.856. The van der Waals surface area contributed by atoms with Crippen molar-refractivity contribution in [3.63, 3.8) is 0 Å². The lowest BCUT2D eigenvalue weighted by molar-refractivity contribution is 0.261. The second-order valence-electron chi connectivity index (χ2n) is 1.88. The lowest BCUT2D eigenvalue weighted by atomic mass is 10.4. The number of hydrogen-bond donors (Lipinski definition) is 1. The van der Waals surface area contributed by atoms with E-state index < -0.39 is 0 Å². The molecule has 0 saturated carbocycles. The van der Waals surface area contributed by atoms with Crippen LogP contribution in [0.15, 0.2) is 0 Å². The van der Waals surface area contributed by atoms with Crippen molar-refractivity contribution in [1.29, 1.82) is 0 Å². The van der Waals surface area contributed by atoms with Crippen molar-refractivity contribution in [1.82, 2.24) is 9.37 Å². The molecule has 1 aliphatic heterocycles. The van der Waals surface area contributed by atoms with Crippen LogP contribution in [0.2, 0.25) is 0 Å². The monoisotopic (exact) mass is 133 g/mol. The largest absolute Gasteiger partial charge is 0.785 e. The van der Waals surface area contributed by atoms with Crippen LogP contribution in [0, 0.1) is 5.21 Å². The minimum Gasteiger partial charge on any atom is -0.785 e. The number of nitrogens with zero attached hydrogens (tertiary/aromatic N) is 2. The topological polar surface area (TPSA) is 29.5 Å². The highest BCUT2D eigenvalue weighted by Gasteiger charge is 2.05. The van der Waals surface area contributed by atoms with E-state index in [9.17, 15) is 5.21 Å². The second kappa shape index (κ2) is 2.68. The predicted molar refractivity (Wildman–Crippen MR) is 35.5 cm³/mol. The quantitative estimate of drug-likeness (QED) is 0.470. The van der Waals surface area contributed by atoms with E-state index in [0.717, 1.165) is 18.2 Å². The van der Waals surface area contributed by atoms with E-state index in [1.807, 2.05) is 4.31 Å². The average Bonchev–Trinajstić information content (AvgIpc) is 1.77. The van der Waals surface area contributed by atoms with Gasteiger partial charge in [0.15, 0.2) is 0 Å². The van der Waals surface area contributed by atoms with Gasteiger partial charge in [0.2, 0.25) is 0 Å². The van der Waals surface area contributed by atoms with E-state index in [1.54, 1.807) is 0 Å². The van der Waals surface area contributed by atoms with Crippen LogP contribution in [0.4, 0.5) is 0 Å². The van der Waals surface area contributed by atoms with E-state index in [4.69, 9.17) is 0 Å². The van der Waals surface area contributed by atoms with Gasteiger partial charge in [0.05, 0.1) is 0 Å². The van der Waals surface area contributed by atoms with Crippen molar-refractivity contribution >= 4 is 12.8 Å². The van der Waals surface area contributed by atoms with Crippen molar-refractivity contribution in [2.75, 3.05) is 26.2 Å². The van der Waals surface area contributed by atoms with Gasteiger partial charge in [-0.1, -0.05) is 12.8 Å². The van der Waals surface area contributed by atoms with E-state index in [0.29, 0.717) is 13.1 Å². The summed E-state index contributed by atoms with van der Waals surface area (Å²) in [5.41, 5.74) is 0. The molecule has 0 bridgehead atoms. The molecular formula is C4H9N2OS-. The highest BCUT2D eigenvalue weighted by atomic mass is 32.1. The van der Waals surface area contributed by atoms with Crippen LogP contribution in [-0.2, 0) is 0 Å². The lowest BCUT2D eigenvalue weighted by Crippen LogP contribution is -2.38. The highest BCUT2D eigenvalue weighted by molar-refractivity contribution is 7.77. The molecule has 0 amide bonds. The molecule has 0 radical (unpaired) electrons. The smallest absolute Gasteiger partial charge is 0.0206 e. The van der Waals surface area contributed by atoms with Crippen LogP contribution in [-0.4, -0.2) is 35.5 Å². The molecule has 1 aliphatic rings. The summed E-state index contributed by atoms with van der Waals surface area (Å²) in [6.07, 6.45) is 0. The average molecular weight is 133 g/mol. The maximum absolute atomic E-state index is 10.5. The zero-order valence-corrected chi connectivity index (χ0v) is 5.47. The second-order valence-corrected chi connectivity index (χ2v) is 2.45. The molecule has 1 rings (SSSR count). The molecule has 0 aromatic carbocycles. The normalized spacial score (nSPS) is 26.2. The number of hydroxylamine groups is 2. The molecule has 1 saturated heterocycles. The molecule has 0 aromatic heterocycles. The van der Waals surface area contributed by atoms with Crippen LogP contribution in [0.5, 0.6) is 0 Å². The highest BCUT2D eigenvalue weighted by Crippen LogP contribution is 2.00. The van der Waals surface area contributed by atoms with E-state index in [-0.39, 0.29) is 0 Å². The molecule has 3 nitrogen and oxygen atoms in total. The van der Waals surface area contributed by atoms with Gasteiger partial charge in [-0.15, -0.1) is 0 Å². The summed E-state index contributed by atoms with van der Waals surface area (Å²) in [7, 11) is 0. The Balaban J connectivity index is 2.19. The Labute approximate surface area is 54.4 Å². The SMILES string of the molecule is [O-]N1CCN(S)CC1. The van der Waals surface area contributed by atoms with Gasteiger partial charge < -0.3 is 10.3 Å². The Bertz CT molecular complexity index is 62.4. The van der Waals surface area contributed by atoms with Gasteiger partial charge in [0, 0.05) is 13.1 Å². The third kappa shape index (κ3) is 1.63. The first kappa shape index (κ1) is 6.35. The number of rotatable bonds is 0. The maximum Gasteiger partial charge on any atom is 0.0206 e. The molecule has 0 unspecified atom stereocenters. The van der Waals surface area contributed by atoms with Crippen LogP contribution < -0.4 is 0 Å². The van der Waals surface area contributed by atoms with Gasteiger partial charge >= 0.3 is 0 Å². The predicted octanol–water partition coefficient (Wildman–Crippen LogP) is -0.0534. The first-order valence-electron chi connectivity index (χ1n) is 2.65. The maximum atomic E-state index is 10.5. The fraction of sp³-hybridized carbons (Fsp3) is 1.00. The lowest BCUT2D eigenvalue weighted by Gasteiger charge is -2.35.